The maximum atomic E-state index is 13.4. The molecule has 82 heavy (non-hydrogen) atoms. The van der Waals surface area contributed by atoms with Crippen LogP contribution in [0.4, 0.5) is 0 Å². The maximum Gasteiger partial charge on any atom is 0.335 e. The van der Waals surface area contributed by atoms with Crippen LogP contribution in [0, 0.1) is 50.2 Å². The minimum Gasteiger partial charge on any atom is -0.479 e. The second-order valence-electron chi connectivity index (χ2n) is 26.9. The molecule has 0 aromatic heterocycles. The van der Waals surface area contributed by atoms with Crippen LogP contribution < -0.4 is 0 Å². The molecule has 0 bridgehead atoms. The number of fused-ring (bicyclic) bond motifs is 7. The fourth-order valence-electron chi connectivity index (χ4n) is 16.8. The van der Waals surface area contributed by atoms with Crippen molar-refractivity contribution in [2.75, 3.05) is 33.0 Å². The van der Waals surface area contributed by atoms with Gasteiger partial charge >= 0.3 is 11.9 Å². The topological polar surface area (TPSA) is 400 Å². The van der Waals surface area contributed by atoms with Crippen molar-refractivity contribution in [2.45, 2.75) is 236 Å². The number of esters is 1. The molecular weight excluding hydrogens is 1080 g/mol. The van der Waals surface area contributed by atoms with Crippen LogP contribution >= 0.6 is 0 Å². The van der Waals surface area contributed by atoms with Gasteiger partial charge in [-0.2, -0.15) is 0 Å². The number of carbonyl (C=O) groups is 2. The van der Waals surface area contributed by atoms with Gasteiger partial charge in [0.25, 0.3) is 0 Å². The summed E-state index contributed by atoms with van der Waals surface area (Å²) in [4.78, 5) is 26.6. The van der Waals surface area contributed by atoms with Crippen molar-refractivity contribution in [3.63, 3.8) is 0 Å². The summed E-state index contributed by atoms with van der Waals surface area (Å²) in [6.07, 6.45) is -28.9. The third-order valence-corrected chi connectivity index (χ3v) is 21.9. The van der Waals surface area contributed by atoms with Gasteiger partial charge in [0.15, 0.2) is 31.3 Å². The van der Waals surface area contributed by atoms with E-state index in [0.717, 1.165) is 5.57 Å². The number of rotatable bonds is 14. The molecule has 4 heterocycles. The van der Waals surface area contributed by atoms with Gasteiger partial charge in [0.1, 0.15) is 85.5 Å². The molecule has 9 aliphatic rings. The minimum absolute atomic E-state index is 0.0405. The van der Waals surface area contributed by atoms with Gasteiger partial charge in [-0.15, -0.1) is 0 Å². The molecule has 0 spiro atoms. The molecular formula is C57H90O25. The molecule has 14 N–H and O–H groups in total. The summed E-state index contributed by atoms with van der Waals surface area (Å²) in [5.74, 6) is -2.87. The fourth-order valence-corrected chi connectivity index (χ4v) is 16.8. The fraction of sp³-hybridized carbons (Fsp3) is 0.895. The number of carbonyl (C=O) groups excluding carboxylic acids is 1. The van der Waals surface area contributed by atoms with E-state index in [-0.39, 0.29) is 36.2 Å². The number of aliphatic hydroxyl groups excluding tert-OH is 13. The van der Waals surface area contributed by atoms with Crippen LogP contribution in [0.3, 0.4) is 0 Å². The first kappa shape index (κ1) is 64.1. The van der Waals surface area contributed by atoms with Crippen molar-refractivity contribution in [1.82, 2.24) is 0 Å². The van der Waals surface area contributed by atoms with Gasteiger partial charge in [-0.25, -0.2) is 9.59 Å². The van der Waals surface area contributed by atoms with Crippen LogP contribution in [0.2, 0.25) is 0 Å². The number of aliphatic hydroxyl groups is 13. The van der Waals surface area contributed by atoms with E-state index in [2.05, 4.69) is 40.7 Å². The predicted molar refractivity (Wildman–Crippen MR) is 279 cm³/mol. The molecule has 5 aliphatic carbocycles. The second-order valence-corrected chi connectivity index (χ2v) is 26.9. The summed E-state index contributed by atoms with van der Waals surface area (Å²) in [6, 6.07) is 0. The zero-order valence-electron chi connectivity index (χ0n) is 48.0. The summed E-state index contributed by atoms with van der Waals surface area (Å²) in [6.45, 7) is 13.4. The van der Waals surface area contributed by atoms with Crippen molar-refractivity contribution in [3.05, 3.63) is 23.3 Å². The van der Waals surface area contributed by atoms with E-state index >= 15 is 0 Å². The molecule has 0 aromatic carbocycles. The summed E-state index contributed by atoms with van der Waals surface area (Å²) in [7, 11) is 0. The van der Waals surface area contributed by atoms with Crippen molar-refractivity contribution < 1.29 is 124 Å². The lowest BCUT2D eigenvalue weighted by molar-refractivity contribution is -0.400. The van der Waals surface area contributed by atoms with Crippen LogP contribution in [-0.2, 0) is 52.2 Å². The van der Waals surface area contributed by atoms with Crippen molar-refractivity contribution in [2.24, 2.45) is 50.2 Å². The Morgan fingerprint density at radius 1 is 0.646 bits per heavy atom. The van der Waals surface area contributed by atoms with Gasteiger partial charge in [0, 0.05) is 11.0 Å². The Bertz CT molecular complexity index is 2350. The number of allylic oxidation sites excluding steroid dienone is 3. The van der Waals surface area contributed by atoms with E-state index in [4.69, 9.17) is 42.6 Å². The zero-order valence-corrected chi connectivity index (χ0v) is 48.0. The number of hydrogen-bond acceptors (Lipinski definition) is 24. The number of carboxylic acid groups (broad SMARTS) is 1. The molecule has 4 aliphatic heterocycles. The van der Waals surface area contributed by atoms with Gasteiger partial charge in [-0.3, -0.25) is 0 Å². The third-order valence-electron chi connectivity index (χ3n) is 21.9. The lowest BCUT2D eigenvalue weighted by atomic mass is 9.33. The molecule has 0 amide bonds. The Morgan fingerprint density at radius 3 is 1.91 bits per heavy atom. The Morgan fingerprint density at radius 2 is 1.28 bits per heavy atom. The second kappa shape index (κ2) is 23.6. The molecule has 0 aromatic rings. The molecule has 29 atom stereocenters. The molecule has 4 saturated carbocycles. The summed E-state index contributed by atoms with van der Waals surface area (Å²) in [5.41, 5.74) is -2.63. The normalized spacial score (nSPS) is 52.3. The van der Waals surface area contributed by atoms with E-state index in [0.29, 0.717) is 50.5 Å². The Labute approximate surface area is 476 Å². The Kier molecular flexibility index (Phi) is 18.4. The lowest BCUT2D eigenvalue weighted by Gasteiger charge is -2.72. The van der Waals surface area contributed by atoms with E-state index in [1.807, 2.05) is 6.92 Å². The summed E-state index contributed by atoms with van der Waals surface area (Å²) < 4.78 is 54.7. The van der Waals surface area contributed by atoms with Crippen LogP contribution in [0.25, 0.3) is 0 Å². The Balaban J connectivity index is 1.04. The summed E-state index contributed by atoms with van der Waals surface area (Å²) >= 11 is 0. The highest BCUT2D eigenvalue weighted by Crippen LogP contribution is 2.76. The van der Waals surface area contributed by atoms with E-state index < -0.39 is 194 Å². The van der Waals surface area contributed by atoms with Crippen LogP contribution in [-0.4, -0.2) is 245 Å². The SMILES string of the molecule is CC=C(C)C(=O)OC1CC(C)(C)CC2C3=CCC4C5(C)CCC(OC6OC(C(=O)O)C(O)C(OC7OCC(O)C(O)C7OC7OCC(O)C(O)C7O)C6OC6OC(CO)C(O)C(O)C6O)C(C)(CO)C5CCC4(C)C3(C)CC(O)C12CO. The first-order valence-electron chi connectivity index (χ1n) is 29.0. The van der Waals surface area contributed by atoms with Crippen LogP contribution in [0.5, 0.6) is 0 Å². The zero-order chi connectivity index (χ0) is 60.1. The number of hydrogen-bond donors (Lipinski definition) is 14. The average Bonchev–Trinajstić information content (AvgIpc) is 0.800. The van der Waals surface area contributed by atoms with Gasteiger partial charge < -0.3 is 114 Å². The van der Waals surface area contributed by atoms with Gasteiger partial charge in [0.05, 0.1) is 50.7 Å². The number of ether oxygens (including phenoxy) is 9. The summed E-state index contributed by atoms with van der Waals surface area (Å²) in [5, 5.41) is 155. The largest absolute Gasteiger partial charge is 0.479 e. The molecule has 0 radical (unpaired) electrons. The lowest BCUT2D eigenvalue weighted by Crippen LogP contribution is -2.70. The number of carboxylic acids is 1. The smallest absolute Gasteiger partial charge is 0.335 e. The van der Waals surface area contributed by atoms with Crippen LogP contribution in [0.15, 0.2) is 23.3 Å². The monoisotopic (exact) mass is 1170 g/mol. The molecule has 9 rings (SSSR count). The highest BCUT2D eigenvalue weighted by molar-refractivity contribution is 5.87. The quantitative estimate of drug-likeness (QED) is 0.0396. The number of aliphatic carboxylic acids is 1. The highest BCUT2D eigenvalue weighted by atomic mass is 16.8. The maximum absolute atomic E-state index is 13.4. The molecule has 25 nitrogen and oxygen atoms in total. The predicted octanol–water partition coefficient (Wildman–Crippen LogP) is -1.76. The van der Waals surface area contributed by atoms with Gasteiger partial charge in [0.2, 0.25) is 0 Å². The van der Waals surface area contributed by atoms with Crippen molar-refractivity contribution in [1.29, 1.82) is 0 Å². The van der Waals surface area contributed by atoms with Crippen molar-refractivity contribution in [3.8, 4) is 0 Å². The van der Waals surface area contributed by atoms with Crippen LogP contribution in [0.1, 0.15) is 107 Å². The highest BCUT2D eigenvalue weighted by Gasteiger charge is 2.73. The molecule has 8 fully saturated rings. The molecule has 468 valence electrons. The van der Waals surface area contributed by atoms with E-state index in [1.165, 1.54) is 0 Å². The van der Waals surface area contributed by atoms with Gasteiger partial charge in [-0.05, 0) is 105 Å². The van der Waals surface area contributed by atoms with E-state index in [9.17, 15) is 81.1 Å². The first-order valence-corrected chi connectivity index (χ1v) is 29.0. The minimum atomic E-state index is -2.24. The molecule has 29 unspecified atom stereocenters. The standard InChI is InChI=1S/C57H90O25/c1-9-24(2)47(73)77-34-18-52(3,4)16-26-25-10-11-31-53(5)14-13-33(54(6,22-59)30(53)12-15-55(31,7)56(25,8)17-32(63)57(26,34)23-60)78-51-45(82-49-40(69)38(67)37(66)29(19-58)76-49)42(41(70)43(80-51)46(71)72)79-50-44(36(65)28(62)21-75-50)81-48-39(68)35(64)27(61)20-74-48/h9-10,26-45,48-51,58-70H,11-23H2,1-8H3,(H,71,72). The molecule has 25 heteroatoms. The van der Waals surface area contributed by atoms with Gasteiger partial charge in [-0.1, -0.05) is 59.3 Å². The average molecular weight is 1180 g/mol. The van der Waals surface area contributed by atoms with E-state index in [1.54, 1.807) is 19.9 Å². The third kappa shape index (κ3) is 10.5. The molecule has 4 saturated heterocycles. The Hall–Kier alpha value is -2.42. The first-order chi connectivity index (χ1) is 38.4. The van der Waals surface area contributed by atoms with Crippen molar-refractivity contribution >= 4 is 11.9 Å².